The molecule has 0 aromatic carbocycles. The van der Waals surface area contributed by atoms with E-state index in [1.807, 2.05) is 0 Å². The second-order valence-electron chi connectivity index (χ2n) is 5.11. The van der Waals surface area contributed by atoms with Gasteiger partial charge in [-0.3, -0.25) is 0 Å². The Balaban J connectivity index is 2.23. The van der Waals surface area contributed by atoms with Gasteiger partial charge in [-0.25, -0.2) is 0 Å². The summed E-state index contributed by atoms with van der Waals surface area (Å²) in [5, 5.41) is 10.0. The Morgan fingerprint density at radius 3 is 3.00 bits per heavy atom. The van der Waals surface area contributed by atoms with Crippen molar-refractivity contribution in [3.05, 3.63) is 11.6 Å². The van der Waals surface area contributed by atoms with Crippen LogP contribution in [0.2, 0.25) is 0 Å². The minimum absolute atomic E-state index is 0.0596. The van der Waals surface area contributed by atoms with Gasteiger partial charge >= 0.3 is 0 Å². The summed E-state index contributed by atoms with van der Waals surface area (Å²) < 4.78 is 0. The summed E-state index contributed by atoms with van der Waals surface area (Å²) in [5.74, 6) is 0.737. The highest BCUT2D eigenvalue weighted by Crippen LogP contribution is 2.49. The van der Waals surface area contributed by atoms with Crippen LogP contribution < -0.4 is 0 Å². The van der Waals surface area contributed by atoms with Crippen molar-refractivity contribution < 1.29 is 5.11 Å². The van der Waals surface area contributed by atoms with Crippen LogP contribution in [0.4, 0.5) is 0 Å². The molecule has 3 atom stereocenters. The molecule has 1 heteroatoms. The Kier molecular flexibility index (Phi) is 2.23. The topological polar surface area (TPSA) is 20.2 Å². The van der Waals surface area contributed by atoms with Crippen molar-refractivity contribution in [3.8, 4) is 0 Å². The minimum Gasteiger partial charge on any atom is -0.393 e. The molecule has 0 aliphatic heterocycles. The van der Waals surface area contributed by atoms with E-state index in [1.54, 1.807) is 0 Å². The molecular weight excluding hydrogens is 160 g/mol. The first kappa shape index (κ1) is 9.26. The largest absolute Gasteiger partial charge is 0.393 e. The maximum atomic E-state index is 10.0. The first-order valence-corrected chi connectivity index (χ1v) is 5.46. The van der Waals surface area contributed by atoms with Gasteiger partial charge in [-0.1, -0.05) is 25.0 Å². The van der Waals surface area contributed by atoms with E-state index in [-0.39, 0.29) is 11.5 Å². The molecule has 0 spiro atoms. The van der Waals surface area contributed by atoms with E-state index in [9.17, 15) is 5.11 Å². The van der Waals surface area contributed by atoms with Crippen LogP contribution in [-0.4, -0.2) is 11.2 Å². The van der Waals surface area contributed by atoms with Crippen LogP contribution in [0.3, 0.4) is 0 Å². The molecule has 0 amide bonds. The maximum absolute atomic E-state index is 10.0. The summed E-state index contributed by atoms with van der Waals surface area (Å²) in [7, 11) is 0. The summed E-state index contributed by atoms with van der Waals surface area (Å²) in [4.78, 5) is 0. The molecule has 1 nitrogen and oxygen atoms in total. The van der Waals surface area contributed by atoms with Gasteiger partial charge in [0.05, 0.1) is 6.10 Å². The Bertz CT molecular complexity index is 231. The number of aliphatic hydroxyl groups excluding tert-OH is 1. The van der Waals surface area contributed by atoms with Gasteiger partial charge in [0, 0.05) is 5.41 Å². The third-order valence-corrected chi connectivity index (χ3v) is 4.18. The SMILES string of the molecule is CC1=CC[C@@]2(C)[C@H](CCC[C@H]2O)C1. The van der Waals surface area contributed by atoms with Gasteiger partial charge in [-0.05, 0) is 38.5 Å². The molecule has 1 saturated carbocycles. The first-order chi connectivity index (χ1) is 6.13. The summed E-state index contributed by atoms with van der Waals surface area (Å²) in [6.45, 7) is 4.49. The lowest BCUT2D eigenvalue weighted by Crippen LogP contribution is -2.43. The molecule has 0 unspecified atom stereocenters. The third kappa shape index (κ3) is 1.43. The molecule has 2 rings (SSSR count). The van der Waals surface area contributed by atoms with Gasteiger partial charge in [0.15, 0.2) is 0 Å². The number of aliphatic hydroxyl groups is 1. The van der Waals surface area contributed by atoms with Crippen LogP contribution in [0.5, 0.6) is 0 Å². The molecule has 2 aliphatic carbocycles. The van der Waals surface area contributed by atoms with E-state index < -0.39 is 0 Å². The van der Waals surface area contributed by atoms with Gasteiger partial charge in [0.1, 0.15) is 0 Å². The average molecular weight is 180 g/mol. The Labute approximate surface area is 80.8 Å². The van der Waals surface area contributed by atoms with Crippen LogP contribution in [0.1, 0.15) is 46.0 Å². The van der Waals surface area contributed by atoms with E-state index in [0.29, 0.717) is 0 Å². The van der Waals surface area contributed by atoms with E-state index in [4.69, 9.17) is 0 Å². The van der Waals surface area contributed by atoms with Crippen LogP contribution >= 0.6 is 0 Å². The molecule has 0 aromatic rings. The second-order valence-corrected chi connectivity index (χ2v) is 5.11. The molecule has 13 heavy (non-hydrogen) atoms. The summed E-state index contributed by atoms with van der Waals surface area (Å²) in [5.41, 5.74) is 1.72. The van der Waals surface area contributed by atoms with Crippen LogP contribution in [0, 0.1) is 11.3 Å². The smallest absolute Gasteiger partial charge is 0.0599 e. The molecule has 1 N–H and O–H groups in total. The van der Waals surface area contributed by atoms with Gasteiger partial charge in [-0.2, -0.15) is 0 Å². The zero-order valence-corrected chi connectivity index (χ0v) is 8.71. The van der Waals surface area contributed by atoms with E-state index in [0.717, 1.165) is 18.8 Å². The van der Waals surface area contributed by atoms with E-state index in [1.165, 1.54) is 24.8 Å². The number of hydrogen-bond acceptors (Lipinski definition) is 1. The molecule has 2 aliphatic rings. The normalized spacial score (nSPS) is 45.3. The fourth-order valence-electron chi connectivity index (χ4n) is 2.99. The lowest BCUT2D eigenvalue weighted by molar-refractivity contribution is -0.0443. The van der Waals surface area contributed by atoms with Crippen molar-refractivity contribution in [2.45, 2.75) is 52.1 Å². The predicted molar refractivity (Wildman–Crippen MR) is 54.4 cm³/mol. The van der Waals surface area contributed by atoms with Crippen LogP contribution in [0.15, 0.2) is 11.6 Å². The van der Waals surface area contributed by atoms with Crippen LogP contribution in [-0.2, 0) is 0 Å². The van der Waals surface area contributed by atoms with Gasteiger partial charge in [-0.15, -0.1) is 0 Å². The van der Waals surface area contributed by atoms with E-state index >= 15 is 0 Å². The second kappa shape index (κ2) is 3.13. The number of rotatable bonds is 0. The van der Waals surface area contributed by atoms with Crippen molar-refractivity contribution in [3.63, 3.8) is 0 Å². The van der Waals surface area contributed by atoms with Crippen molar-refractivity contribution >= 4 is 0 Å². The molecule has 0 aromatic heterocycles. The number of hydrogen-bond donors (Lipinski definition) is 1. The number of allylic oxidation sites excluding steroid dienone is 2. The lowest BCUT2D eigenvalue weighted by atomic mass is 9.60. The standard InChI is InChI=1S/C12H20O/c1-9-6-7-12(2)10(8-9)4-3-5-11(12)13/h6,10-11,13H,3-5,7-8H2,1-2H3/t10-,11-,12+/m1/s1. The maximum Gasteiger partial charge on any atom is 0.0599 e. The van der Waals surface area contributed by atoms with E-state index in [2.05, 4.69) is 19.9 Å². The van der Waals surface area contributed by atoms with Gasteiger partial charge < -0.3 is 5.11 Å². The zero-order valence-electron chi connectivity index (χ0n) is 8.71. The average Bonchev–Trinajstić information content (AvgIpc) is 2.09. The molecule has 74 valence electrons. The number of fused-ring (bicyclic) bond motifs is 1. The highest BCUT2D eigenvalue weighted by molar-refractivity contribution is 5.12. The van der Waals surface area contributed by atoms with Gasteiger partial charge in [0.25, 0.3) is 0 Å². The van der Waals surface area contributed by atoms with Crippen molar-refractivity contribution in [2.75, 3.05) is 0 Å². The molecule has 0 bridgehead atoms. The molecule has 1 fully saturated rings. The van der Waals surface area contributed by atoms with Crippen molar-refractivity contribution in [1.29, 1.82) is 0 Å². The fourth-order valence-corrected chi connectivity index (χ4v) is 2.99. The summed E-state index contributed by atoms with van der Waals surface area (Å²) >= 11 is 0. The molecule has 0 heterocycles. The van der Waals surface area contributed by atoms with Gasteiger partial charge in [0.2, 0.25) is 0 Å². The van der Waals surface area contributed by atoms with Crippen LogP contribution in [0.25, 0.3) is 0 Å². The monoisotopic (exact) mass is 180 g/mol. The minimum atomic E-state index is -0.0596. The Morgan fingerprint density at radius 1 is 1.46 bits per heavy atom. The molecular formula is C12H20O. The van der Waals surface area contributed by atoms with Crippen molar-refractivity contribution in [2.24, 2.45) is 11.3 Å². The first-order valence-electron chi connectivity index (χ1n) is 5.46. The third-order valence-electron chi connectivity index (χ3n) is 4.18. The fraction of sp³-hybridized carbons (Fsp3) is 0.833. The Morgan fingerprint density at radius 2 is 2.23 bits per heavy atom. The molecule has 0 saturated heterocycles. The zero-order chi connectivity index (χ0) is 9.47. The highest BCUT2D eigenvalue weighted by Gasteiger charge is 2.43. The molecule has 0 radical (unpaired) electrons. The lowest BCUT2D eigenvalue weighted by Gasteiger charge is -2.47. The predicted octanol–water partition coefficient (Wildman–Crippen LogP) is 2.89. The summed E-state index contributed by atoms with van der Waals surface area (Å²) in [6.07, 6.45) is 8.12. The van der Waals surface area contributed by atoms with Crippen molar-refractivity contribution in [1.82, 2.24) is 0 Å². The highest BCUT2D eigenvalue weighted by atomic mass is 16.3. The Hall–Kier alpha value is -0.300. The summed E-state index contributed by atoms with van der Waals surface area (Å²) in [6, 6.07) is 0. The quantitative estimate of drug-likeness (QED) is 0.568.